The molecule has 0 aliphatic heterocycles. The first-order valence-corrected chi connectivity index (χ1v) is 10.6. The van der Waals surface area contributed by atoms with Gasteiger partial charge in [0.2, 0.25) is 0 Å². The molecule has 0 aromatic heterocycles. The molecule has 1 unspecified atom stereocenters. The highest BCUT2D eigenvalue weighted by atomic mass is 16.4. The molecule has 1 atom stereocenters. The first kappa shape index (κ1) is 23.4. The second kappa shape index (κ2) is 18.8. The third kappa shape index (κ3) is 19.5. The topological polar surface area (TPSA) is 63.3 Å². The summed E-state index contributed by atoms with van der Waals surface area (Å²) in [5, 5.41) is 8.61. The molecule has 0 aromatic rings. The van der Waals surface area contributed by atoms with Gasteiger partial charge in [0.15, 0.2) is 0 Å². The van der Waals surface area contributed by atoms with E-state index in [0.717, 1.165) is 12.8 Å². The summed E-state index contributed by atoms with van der Waals surface area (Å²) in [6.45, 7) is 2.28. The van der Waals surface area contributed by atoms with Crippen LogP contribution in [0.2, 0.25) is 0 Å². The summed E-state index contributed by atoms with van der Waals surface area (Å²) < 4.78 is 0. The molecule has 0 fully saturated rings. The molecular weight excluding hydrogens is 298 g/mol. The lowest BCUT2D eigenvalue weighted by molar-refractivity contribution is -0.137. The van der Waals surface area contributed by atoms with E-state index >= 15 is 0 Å². The zero-order valence-corrected chi connectivity index (χ0v) is 16.2. The molecule has 144 valence electrons. The molecule has 0 aliphatic carbocycles. The molecule has 3 N–H and O–H groups in total. The van der Waals surface area contributed by atoms with Crippen LogP contribution >= 0.6 is 0 Å². The zero-order valence-electron chi connectivity index (χ0n) is 16.2. The van der Waals surface area contributed by atoms with Gasteiger partial charge in [0.05, 0.1) is 0 Å². The largest absolute Gasteiger partial charge is 0.481 e. The Hall–Kier alpha value is -0.570. The number of carbonyl (C=O) groups is 1. The maximum atomic E-state index is 10.5. The third-order valence-corrected chi connectivity index (χ3v) is 4.91. The molecule has 0 aromatic carbocycles. The average Bonchev–Trinajstić information content (AvgIpc) is 2.56. The van der Waals surface area contributed by atoms with Gasteiger partial charge in [0.25, 0.3) is 0 Å². The number of hydrogen-bond acceptors (Lipinski definition) is 2. The monoisotopic (exact) mass is 341 g/mol. The Labute approximate surface area is 150 Å². The van der Waals surface area contributed by atoms with E-state index in [1.54, 1.807) is 0 Å². The molecule has 0 bridgehead atoms. The molecule has 0 aliphatic rings. The predicted molar refractivity (Wildman–Crippen MR) is 104 cm³/mol. The van der Waals surface area contributed by atoms with Gasteiger partial charge in [-0.3, -0.25) is 4.79 Å². The Kier molecular flexibility index (Phi) is 18.3. The van der Waals surface area contributed by atoms with Crippen LogP contribution in [-0.4, -0.2) is 17.1 Å². The Morgan fingerprint density at radius 3 is 1.46 bits per heavy atom. The second-order valence-corrected chi connectivity index (χ2v) is 7.43. The van der Waals surface area contributed by atoms with Crippen molar-refractivity contribution in [2.45, 2.75) is 129 Å². The summed E-state index contributed by atoms with van der Waals surface area (Å²) in [5.74, 6) is -0.734. The highest BCUT2D eigenvalue weighted by molar-refractivity contribution is 5.66. The highest BCUT2D eigenvalue weighted by Crippen LogP contribution is 2.14. The normalized spacial score (nSPS) is 12.4. The van der Waals surface area contributed by atoms with Crippen molar-refractivity contribution in [1.82, 2.24) is 0 Å². The Morgan fingerprint density at radius 2 is 1.08 bits per heavy atom. The van der Waals surface area contributed by atoms with Crippen LogP contribution in [0, 0.1) is 0 Å². The summed E-state index contributed by atoms with van der Waals surface area (Å²) in [4.78, 5) is 10.5. The van der Waals surface area contributed by atoms with Gasteiger partial charge in [-0.25, -0.2) is 0 Å². The molecule has 3 nitrogen and oxygen atoms in total. The van der Waals surface area contributed by atoms with E-state index in [0.29, 0.717) is 6.42 Å². The zero-order chi connectivity index (χ0) is 17.9. The van der Waals surface area contributed by atoms with Crippen LogP contribution < -0.4 is 5.73 Å². The van der Waals surface area contributed by atoms with Gasteiger partial charge in [0.1, 0.15) is 0 Å². The molecule has 0 amide bonds. The summed E-state index contributed by atoms with van der Waals surface area (Å²) in [6, 6.07) is 0.0723. The number of carboxylic acids is 1. The summed E-state index contributed by atoms with van der Waals surface area (Å²) >= 11 is 0. The van der Waals surface area contributed by atoms with Gasteiger partial charge in [-0.2, -0.15) is 0 Å². The van der Waals surface area contributed by atoms with Crippen molar-refractivity contribution >= 4 is 5.97 Å². The molecule has 0 saturated carbocycles. The van der Waals surface area contributed by atoms with Crippen molar-refractivity contribution in [2.24, 2.45) is 5.73 Å². The van der Waals surface area contributed by atoms with Crippen molar-refractivity contribution in [1.29, 1.82) is 0 Å². The fourth-order valence-corrected chi connectivity index (χ4v) is 3.23. The number of nitrogens with two attached hydrogens (primary N) is 1. The Morgan fingerprint density at radius 1 is 0.708 bits per heavy atom. The molecule has 0 saturated heterocycles. The maximum Gasteiger partial charge on any atom is 0.303 e. The van der Waals surface area contributed by atoms with Gasteiger partial charge in [0, 0.05) is 12.5 Å². The second-order valence-electron chi connectivity index (χ2n) is 7.43. The fourth-order valence-electron chi connectivity index (χ4n) is 3.23. The minimum atomic E-state index is -0.734. The van der Waals surface area contributed by atoms with Crippen molar-refractivity contribution < 1.29 is 9.90 Å². The van der Waals surface area contributed by atoms with E-state index in [9.17, 15) is 4.79 Å². The van der Waals surface area contributed by atoms with Crippen molar-refractivity contribution in [3.05, 3.63) is 0 Å². The molecule has 24 heavy (non-hydrogen) atoms. The molecule has 0 heterocycles. The van der Waals surface area contributed by atoms with Gasteiger partial charge < -0.3 is 10.8 Å². The highest BCUT2D eigenvalue weighted by Gasteiger charge is 2.05. The number of aliphatic carboxylic acids is 1. The van der Waals surface area contributed by atoms with Crippen LogP contribution in [0.1, 0.15) is 122 Å². The van der Waals surface area contributed by atoms with Crippen LogP contribution in [0.4, 0.5) is 0 Å². The first-order chi connectivity index (χ1) is 11.7. The molecule has 0 radical (unpaired) electrons. The number of carboxylic acid groups (broad SMARTS) is 1. The summed E-state index contributed by atoms with van der Waals surface area (Å²) in [6.07, 6.45) is 22.4. The smallest absolute Gasteiger partial charge is 0.303 e. The van der Waals surface area contributed by atoms with Crippen LogP contribution in [0.15, 0.2) is 0 Å². The van der Waals surface area contributed by atoms with Gasteiger partial charge >= 0.3 is 5.97 Å². The first-order valence-electron chi connectivity index (χ1n) is 10.6. The maximum absolute atomic E-state index is 10.5. The van der Waals surface area contributed by atoms with E-state index < -0.39 is 5.97 Å². The number of unbranched alkanes of at least 4 members (excludes halogenated alkanes) is 14. The van der Waals surface area contributed by atoms with Gasteiger partial charge in [-0.15, -0.1) is 0 Å². The van der Waals surface area contributed by atoms with E-state index in [1.807, 2.05) is 0 Å². The molecular formula is C21H43NO2. The average molecular weight is 342 g/mol. The van der Waals surface area contributed by atoms with Crippen LogP contribution in [-0.2, 0) is 4.79 Å². The van der Waals surface area contributed by atoms with E-state index in [4.69, 9.17) is 10.8 Å². The quantitative estimate of drug-likeness (QED) is 0.266. The molecule has 0 spiro atoms. The van der Waals surface area contributed by atoms with Crippen molar-refractivity contribution in [3.8, 4) is 0 Å². The Balaban J connectivity index is 3.08. The standard InChI is InChI=1S/C21H43NO2/c1-2-3-4-5-6-7-8-9-10-11-12-13-14-15-16-17-20(22)18-19-21(23)24/h20H,2-19,22H2,1H3,(H,23,24). The lowest BCUT2D eigenvalue weighted by Crippen LogP contribution is -2.20. The Bertz CT molecular complexity index is 269. The summed E-state index contributed by atoms with van der Waals surface area (Å²) in [7, 11) is 0. The SMILES string of the molecule is CCCCCCCCCCCCCCCCCC(N)CCC(=O)O. The predicted octanol–water partition coefficient (Wildman–Crippen LogP) is 6.44. The van der Waals surface area contributed by atoms with Crippen LogP contribution in [0.5, 0.6) is 0 Å². The number of rotatable bonds is 19. The fraction of sp³-hybridized carbons (Fsp3) is 0.952. The van der Waals surface area contributed by atoms with E-state index in [2.05, 4.69) is 6.92 Å². The molecule has 3 heteroatoms. The van der Waals surface area contributed by atoms with Crippen molar-refractivity contribution in [3.63, 3.8) is 0 Å². The summed E-state index contributed by atoms with van der Waals surface area (Å²) in [5.41, 5.74) is 5.91. The lowest BCUT2D eigenvalue weighted by atomic mass is 10.0. The van der Waals surface area contributed by atoms with Crippen LogP contribution in [0.25, 0.3) is 0 Å². The van der Waals surface area contributed by atoms with E-state index in [1.165, 1.54) is 89.9 Å². The number of hydrogen-bond donors (Lipinski definition) is 2. The third-order valence-electron chi connectivity index (χ3n) is 4.91. The van der Waals surface area contributed by atoms with Gasteiger partial charge in [-0.1, -0.05) is 103 Å². The lowest BCUT2D eigenvalue weighted by Gasteiger charge is -2.09. The minimum Gasteiger partial charge on any atom is -0.481 e. The van der Waals surface area contributed by atoms with Gasteiger partial charge in [-0.05, 0) is 12.8 Å². The molecule has 0 rings (SSSR count). The minimum absolute atomic E-state index is 0.0723. The van der Waals surface area contributed by atoms with Crippen molar-refractivity contribution in [2.75, 3.05) is 0 Å². The van der Waals surface area contributed by atoms with Crippen LogP contribution in [0.3, 0.4) is 0 Å². The van der Waals surface area contributed by atoms with E-state index in [-0.39, 0.29) is 12.5 Å².